The van der Waals surface area contributed by atoms with E-state index in [0.717, 1.165) is 17.9 Å². The first kappa shape index (κ1) is 13.0. The maximum absolute atomic E-state index is 13.2. The highest BCUT2D eigenvalue weighted by Crippen LogP contribution is 2.22. The van der Waals surface area contributed by atoms with Crippen molar-refractivity contribution >= 4 is 11.6 Å². The lowest BCUT2D eigenvalue weighted by atomic mass is 10.1. The van der Waals surface area contributed by atoms with Gasteiger partial charge in [0, 0.05) is 5.02 Å². The van der Waals surface area contributed by atoms with Gasteiger partial charge in [0.25, 0.3) is 0 Å². The molecule has 1 aromatic heterocycles. The number of halogens is 2. The van der Waals surface area contributed by atoms with E-state index in [1.165, 1.54) is 18.5 Å². The maximum atomic E-state index is 13.2. The van der Waals surface area contributed by atoms with Crippen LogP contribution in [-0.2, 0) is 6.42 Å². The fourth-order valence-corrected chi connectivity index (χ4v) is 2.01. The number of benzene rings is 1. The van der Waals surface area contributed by atoms with Gasteiger partial charge in [0.15, 0.2) is 0 Å². The fraction of sp³-hybridized carbons (Fsp3) is 0.333. The Hall–Kier alpha value is -1.46. The van der Waals surface area contributed by atoms with Gasteiger partial charge in [0.2, 0.25) is 0 Å². The predicted octanol–water partition coefficient (Wildman–Crippen LogP) is 2.49. The molecule has 0 saturated carbocycles. The first-order chi connectivity index (χ1) is 8.70. The van der Waals surface area contributed by atoms with E-state index in [0.29, 0.717) is 11.4 Å². The van der Waals surface area contributed by atoms with E-state index in [1.807, 2.05) is 6.92 Å². The smallest absolute Gasteiger partial charge is 0.141 e. The van der Waals surface area contributed by atoms with Crippen molar-refractivity contribution in [2.75, 3.05) is 6.54 Å². The van der Waals surface area contributed by atoms with Gasteiger partial charge in [-0.15, -0.1) is 0 Å². The van der Waals surface area contributed by atoms with Gasteiger partial charge in [-0.2, -0.15) is 5.10 Å². The molecule has 0 aliphatic heterocycles. The highest BCUT2D eigenvalue weighted by atomic mass is 35.5. The minimum absolute atomic E-state index is 0.0585. The molecule has 0 fully saturated rings. The monoisotopic (exact) mass is 268 g/mol. The summed E-state index contributed by atoms with van der Waals surface area (Å²) in [5.74, 6) is 0.430. The van der Waals surface area contributed by atoms with Gasteiger partial charge in [-0.3, -0.25) is 5.10 Å². The molecule has 1 aromatic carbocycles. The molecule has 0 spiro atoms. The van der Waals surface area contributed by atoms with E-state index in [-0.39, 0.29) is 11.9 Å². The Bertz CT molecular complexity index is 501. The molecule has 1 unspecified atom stereocenters. The van der Waals surface area contributed by atoms with Gasteiger partial charge in [0.05, 0.1) is 6.04 Å². The largest absolute Gasteiger partial charge is 0.307 e. The summed E-state index contributed by atoms with van der Waals surface area (Å²) in [5.41, 5.74) is 0.749. The van der Waals surface area contributed by atoms with Crippen molar-refractivity contribution in [1.82, 2.24) is 20.5 Å². The first-order valence-corrected chi connectivity index (χ1v) is 6.11. The SMILES string of the molecule is CCNC(Cc1cc(F)ccc1Cl)c1ncn[nH]1. The number of rotatable bonds is 5. The number of aromatic amines is 1. The predicted molar refractivity (Wildman–Crippen MR) is 67.9 cm³/mol. The number of hydrogen-bond acceptors (Lipinski definition) is 3. The van der Waals surface area contributed by atoms with Crippen molar-refractivity contribution in [3.05, 3.63) is 46.8 Å². The molecule has 2 N–H and O–H groups in total. The number of H-pyrrole nitrogens is 1. The minimum Gasteiger partial charge on any atom is -0.307 e. The van der Waals surface area contributed by atoms with E-state index in [2.05, 4.69) is 20.5 Å². The Kier molecular flexibility index (Phi) is 4.28. The highest BCUT2D eigenvalue weighted by Gasteiger charge is 2.16. The van der Waals surface area contributed by atoms with Crippen molar-refractivity contribution < 1.29 is 4.39 Å². The summed E-state index contributed by atoms with van der Waals surface area (Å²) in [6.45, 7) is 2.77. The van der Waals surface area contributed by atoms with Gasteiger partial charge in [-0.05, 0) is 36.7 Å². The van der Waals surface area contributed by atoms with Crippen LogP contribution in [0, 0.1) is 5.82 Å². The van der Waals surface area contributed by atoms with Crippen molar-refractivity contribution in [2.24, 2.45) is 0 Å². The van der Waals surface area contributed by atoms with E-state index < -0.39 is 0 Å². The number of likely N-dealkylation sites (N-methyl/N-ethyl adjacent to an activating group) is 1. The lowest BCUT2D eigenvalue weighted by Crippen LogP contribution is -2.24. The molecule has 0 aliphatic rings. The van der Waals surface area contributed by atoms with Crippen LogP contribution in [-0.4, -0.2) is 21.7 Å². The van der Waals surface area contributed by atoms with E-state index in [9.17, 15) is 4.39 Å². The standard InChI is InChI=1S/C12H14ClFN4/c1-2-15-11(12-16-7-17-18-12)6-8-5-9(14)3-4-10(8)13/h3-5,7,11,15H,2,6H2,1H3,(H,16,17,18). The summed E-state index contributed by atoms with van der Waals surface area (Å²) in [7, 11) is 0. The van der Waals surface area contributed by atoms with Crippen LogP contribution >= 0.6 is 11.6 Å². The minimum atomic E-state index is -0.290. The number of nitrogens with one attached hydrogen (secondary N) is 2. The van der Waals surface area contributed by atoms with Gasteiger partial charge >= 0.3 is 0 Å². The van der Waals surface area contributed by atoms with E-state index in [4.69, 9.17) is 11.6 Å². The number of nitrogens with zero attached hydrogens (tertiary/aromatic N) is 2. The van der Waals surface area contributed by atoms with Crippen LogP contribution in [0.1, 0.15) is 24.4 Å². The molecule has 0 saturated heterocycles. The molecule has 0 bridgehead atoms. The zero-order valence-electron chi connectivity index (χ0n) is 9.95. The molecule has 0 aliphatic carbocycles. The molecule has 96 valence electrons. The number of hydrogen-bond donors (Lipinski definition) is 2. The summed E-state index contributed by atoms with van der Waals surface area (Å²) in [4.78, 5) is 4.12. The van der Waals surface area contributed by atoms with Crippen LogP contribution in [0.3, 0.4) is 0 Å². The second-order valence-corrected chi connectivity index (χ2v) is 4.33. The quantitative estimate of drug-likeness (QED) is 0.876. The first-order valence-electron chi connectivity index (χ1n) is 5.73. The van der Waals surface area contributed by atoms with Crippen LogP contribution in [0.25, 0.3) is 0 Å². The Morgan fingerprint density at radius 2 is 2.33 bits per heavy atom. The molecule has 2 rings (SSSR count). The van der Waals surface area contributed by atoms with E-state index in [1.54, 1.807) is 6.07 Å². The van der Waals surface area contributed by atoms with Gasteiger partial charge < -0.3 is 5.32 Å². The maximum Gasteiger partial charge on any atom is 0.141 e. The Morgan fingerprint density at radius 1 is 1.50 bits per heavy atom. The molecule has 6 heteroatoms. The molecule has 4 nitrogen and oxygen atoms in total. The second-order valence-electron chi connectivity index (χ2n) is 3.92. The average molecular weight is 269 g/mol. The van der Waals surface area contributed by atoms with Crippen molar-refractivity contribution in [1.29, 1.82) is 0 Å². The van der Waals surface area contributed by atoms with Crippen LogP contribution in [0.15, 0.2) is 24.5 Å². The molecule has 2 aromatic rings. The van der Waals surface area contributed by atoms with Crippen LogP contribution in [0.5, 0.6) is 0 Å². The Labute approximate surface area is 110 Å². The van der Waals surface area contributed by atoms with Gasteiger partial charge in [0.1, 0.15) is 18.0 Å². The summed E-state index contributed by atoms with van der Waals surface area (Å²) in [5, 5.41) is 10.5. The summed E-state index contributed by atoms with van der Waals surface area (Å²) >= 11 is 6.06. The zero-order chi connectivity index (χ0) is 13.0. The normalized spacial score (nSPS) is 12.6. The number of aromatic nitrogens is 3. The Balaban J connectivity index is 2.21. The average Bonchev–Trinajstić information content (AvgIpc) is 2.87. The third-order valence-electron chi connectivity index (χ3n) is 2.65. The van der Waals surface area contributed by atoms with Crippen LogP contribution in [0.2, 0.25) is 5.02 Å². The van der Waals surface area contributed by atoms with Gasteiger partial charge in [-0.1, -0.05) is 18.5 Å². The molecular weight excluding hydrogens is 255 g/mol. The molecule has 18 heavy (non-hydrogen) atoms. The molecular formula is C12H14ClFN4. The summed E-state index contributed by atoms with van der Waals surface area (Å²) in [6, 6.07) is 4.30. The molecule has 0 radical (unpaired) electrons. The molecule has 0 amide bonds. The lowest BCUT2D eigenvalue weighted by molar-refractivity contribution is 0.521. The summed E-state index contributed by atoms with van der Waals surface area (Å²) < 4.78 is 13.2. The van der Waals surface area contributed by atoms with E-state index >= 15 is 0 Å². The van der Waals surface area contributed by atoms with Crippen LogP contribution < -0.4 is 5.32 Å². The van der Waals surface area contributed by atoms with Crippen molar-refractivity contribution in [3.8, 4) is 0 Å². The topological polar surface area (TPSA) is 53.6 Å². The molecule has 1 atom stereocenters. The van der Waals surface area contributed by atoms with Crippen molar-refractivity contribution in [2.45, 2.75) is 19.4 Å². The van der Waals surface area contributed by atoms with Crippen LogP contribution in [0.4, 0.5) is 4.39 Å². The summed E-state index contributed by atoms with van der Waals surface area (Å²) in [6.07, 6.45) is 2.01. The highest BCUT2D eigenvalue weighted by molar-refractivity contribution is 6.31. The van der Waals surface area contributed by atoms with Crippen molar-refractivity contribution in [3.63, 3.8) is 0 Å². The third kappa shape index (κ3) is 3.05. The Morgan fingerprint density at radius 3 is 3.00 bits per heavy atom. The second kappa shape index (κ2) is 5.93. The molecule has 1 heterocycles. The zero-order valence-corrected chi connectivity index (χ0v) is 10.7. The lowest BCUT2D eigenvalue weighted by Gasteiger charge is -2.16. The van der Waals surface area contributed by atoms with Gasteiger partial charge in [-0.25, -0.2) is 9.37 Å². The third-order valence-corrected chi connectivity index (χ3v) is 3.01. The fourth-order valence-electron chi connectivity index (χ4n) is 1.81.